The molecule has 0 aliphatic carbocycles. The molecule has 1 rings (SSSR count). The second-order valence-corrected chi connectivity index (χ2v) is 5.45. The fourth-order valence-electron chi connectivity index (χ4n) is 2.48. The Bertz CT molecular complexity index is 235. The predicted molar refractivity (Wildman–Crippen MR) is 66.4 cm³/mol. The topological polar surface area (TPSA) is 32.5 Å². The number of hydrogen-bond donors (Lipinski definition) is 1. The molecular weight excluding hydrogens is 243 g/mol. The molecule has 0 amide bonds. The van der Waals surface area contributed by atoms with E-state index in [0.29, 0.717) is 44.7 Å². The Morgan fingerprint density at radius 3 is 2.06 bits per heavy atom. The summed E-state index contributed by atoms with van der Waals surface area (Å²) in [7, 11) is 0. The van der Waals surface area contributed by atoms with Crippen LogP contribution in [0, 0.1) is 5.92 Å². The first-order valence-corrected chi connectivity index (χ1v) is 6.55. The maximum absolute atomic E-state index is 12.3. The van der Waals surface area contributed by atoms with E-state index in [-0.39, 0.29) is 0 Å². The average molecular weight is 267 g/mol. The van der Waals surface area contributed by atoms with E-state index in [9.17, 15) is 13.2 Å². The maximum atomic E-state index is 12.3. The summed E-state index contributed by atoms with van der Waals surface area (Å²) < 4.78 is 36.8. The van der Waals surface area contributed by atoms with Crippen molar-refractivity contribution in [1.29, 1.82) is 0 Å². The maximum Gasteiger partial charge on any atom is 0.401 e. The number of rotatable bonds is 5. The lowest BCUT2D eigenvalue weighted by Gasteiger charge is -2.39. The molecule has 1 aliphatic rings. The highest BCUT2D eigenvalue weighted by Gasteiger charge is 2.33. The summed E-state index contributed by atoms with van der Waals surface area (Å²) in [5.41, 5.74) is 5.75. The van der Waals surface area contributed by atoms with Gasteiger partial charge >= 0.3 is 6.18 Å². The van der Waals surface area contributed by atoms with Crippen LogP contribution in [0.2, 0.25) is 0 Å². The molecule has 18 heavy (non-hydrogen) atoms. The Hall–Kier alpha value is -0.330. The highest BCUT2D eigenvalue weighted by atomic mass is 19.4. The second kappa shape index (κ2) is 6.73. The SMILES string of the molecule is CC(C)CC(CN)N1CCN(CC(F)(F)F)CC1. The molecule has 0 saturated carbocycles. The molecule has 1 saturated heterocycles. The number of halogens is 3. The monoisotopic (exact) mass is 267 g/mol. The molecule has 1 aliphatic heterocycles. The first kappa shape index (κ1) is 15.7. The molecule has 1 unspecified atom stereocenters. The lowest BCUT2D eigenvalue weighted by atomic mass is 10.0. The third-order valence-electron chi connectivity index (χ3n) is 3.34. The van der Waals surface area contributed by atoms with Gasteiger partial charge in [0.25, 0.3) is 0 Å². The van der Waals surface area contributed by atoms with E-state index in [1.807, 2.05) is 0 Å². The van der Waals surface area contributed by atoms with Crippen molar-refractivity contribution in [2.75, 3.05) is 39.3 Å². The lowest BCUT2D eigenvalue weighted by Crippen LogP contribution is -2.54. The van der Waals surface area contributed by atoms with E-state index >= 15 is 0 Å². The first-order chi connectivity index (χ1) is 8.31. The van der Waals surface area contributed by atoms with E-state index in [1.165, 1.54) is 4.90 Å². The summed E-state index contributed by atoms with van der Waals surface area (Å²) in [6.45, 7) is 6.40. The summed E-state index contributed by atoms with van der Waals surface area (Å²) in [5.74, 6) is 0.562. The molecule has 0 aromatic carbocycles. The third kappa shape index (κ3) is 5.54. The Morgan fingerprint density at radius 2 is 1.67 bits per heavy atom. The van der Waals surface area contributed by atoms with Gasteiger partial charge in [0.1, 0.15) is 0 Å². The zero-order chi connectivity index (χ0) is 13.8. The van der Waals surface area contributed by atoms with Crippen molar-refractivity contribution in [1.82, 2.24) is 9.80 Å². The van der Waals surface area contributed by atoms with Gasteiger partial charge in [-0.1, -0.05) is 13.8 Å². The molecule has 3 nitrogen and oxygen atoms in total. The van der Waals surface area contributed by atoms with Gasteiger partial charge in [-0.25, -0.2) is 0 Å². The molecule has 1 heterocycles. The van der Waals surface area contributed by atoms with Gasteiger partial charge in [-0.15, -0.1) is 0 Å². The van der Waals surface area contributed by atoms with Crippen LogP contribution in [0.5, 0.6) is 0 Å². The van der Waals surface area contributed by atoms with Crippen molar-refractivity contribution >= 4 is 0 Å². The van der Waals surface area contributed by atoms with Gasteiger partial charge < -0.3 is 5.73 Å². The van der Waals surface area contributed by atoms with E-state index in [1.54, 1.807) is 0 Å². The van der Waals surface area contributed by atoms with Gasteiger partial charge in [0, 0.05) is 38.8 Å². The predicted octanol–water partition coefficient (Wildman–Crippen LogP) is 1.54. The Morgan fingerprint density at radius 1 is 1.11 bits per heavy atom. The zero-order valence-electron chi connectivity index (χ0n) is 11.2. The molecule has 1 atom stereocenters. The molecule has 0 aromatic heterocycles. The molecule has 1 fully saturated rings. The van der Waals surface area contributed by atoms with Crippen LogP contribution >= 0.6 is 0 Å². The third-order valence-corrected chi connectivity index (χ3v) is 3.34. The van der Waals surface area contributed by atoms with E-state index < -0.39 is 12.7 Å². The Labute approximate surface area is 107 Å². The largest absolute Gasteiger partial charge is 0.401 e. The summed E-state index contributed by atoms with van der Waals surface area (Å²) in [6, 6.07) is 0.304. The fourth-order valence-corrected chi connectivity index (χ4v) is 2.48. The first-order valence-electron chi connectivity index (χ1n) is 6.55. The minimum absolute atomic E-state index is 0.304. The van der Waals surface area contributed by atoms with Crippen LogP contribution in [-0.2, 0) is 0 Å². The molecule has 6 heteroatoms. The number of piperazine rings is 1. The van der Waals surface area contributed by atoms with Gasteiger partial charge in [-0.3, -0.25) is 9.80 Å². The summed E-state index contributed by atoms with van der Waals surface area (Å²) in [6.07, 6.45) is -3.08. The fraction of sp³-hybridized carbons (Fsp3) is 1.00. The van der Waals surface area contributed by atoms with Gasteiger partial charge in [-0.05, 0) is 12.3 Å². The van der Waals surface area contributed by atoms with Gasteiger partial charge in [0.2, 0.25) is 0 Å². The van der Waals surface area contributed by atoms with Crippen LogP contribution in [0.3, 0.4) is 0 Å². The minimum atomic E-state index is -4.09. The summed E-state index contributed by atoms with van der Waals surface area (Å²) in [5, 5.41) is 0. The van der Waals surface area contributed by atoms with Crippen LogP contribution in [0.15, 0.2) is 0 Å². The van der Waals surface area contributed by atoms with Crippen molar-refractivity contribution in [3.63, 3.8) is 0 Å². The van der Waals surface area contributed by atoms with Crippen molar-refractivity contribution in [3.05, 3.63) is 0 Å². The van der Waals surface area contributed by atoms with E-state index in [4.69, 9.17) is 5.73 Å². The average Bonchev–Trinajstić information content (AvgIpc) is 2.24. The molecule has 0 aromatic rings. The van der Waals surface area contributed by atoms with Crippen molar-refractivity contribution in [3.8, 4) is 0 Å². The molecular formula is C12H24F3N3. The van der Waals surface area contributed by atoms with Crippen molar-refractivity contribution in [2.24, 2.45) is 11.7 Å². The Balaban J connectivity index is 2.38. The highest BCUT2D eigenvalue weighted by molar-refractivity contribution is 4.80. The van der Waals surface area contributed by atoms with Crippen LogP contribution < -0.4 is 5.73 Å². The molecule has 0 radical (unpaired) electrons. The quantitative estimate of drug-likeness (QED) is 0.820. The summed E-state index contributed by atoms with van der Waals surface area (Å²) in [4.78, 5) is 3.70. The Kier molecular flexibility index (Phi) is 5.88. The molecule has 108 valence electrons. The lowest BCUT2D eigenvalue weighted by molar-refractivity contribution is -0.149. The standard InChI is InChI=1S/C12H24F3N3/c1-10(2)7-11(8-16)18-5-3-17(4-6-18)9-12(13,14)15/h10-11H,3-9,16H2,1-2H3. The van der Waals surface area contributed by atoms with Crippen LogP contribution in [0.1, 0.15) is 20.3 Å². The smallest absolute Gasteiger partial charge is 0.329 e. The van der Waals surface area contributed by atoms with Crippen LogP contribution in [-0.4, -0.2) is 61.3 Å². The minimum Gasteiger partial charge on any atom is -0.329 e. The van der Waals surface area contributed by atoms with E-state index in [2.05, 4.69) is 18.7 Å². The molecule has 0 spiro atoms. The second-order valence-electron chi connectivity index (χ2n) is 5.45. The van der Waals surface area contributed by atoms with Gasteiger partial charge in [0.15, 0.2) is 0 Å². The van der Waals surface area contributed by atoms with Gasteiger partial charge in [-0.2, -0.15) is 13.2 Å². The van der Waals surface area contributed by atoms with Crippen LogP contribution in [0.4, 0.5) is 13.2 Å². The number of nitrogens with two attached hydrogens (primary N) is 1. The van der Waals surface area contributed by atoms with Gasteiger partial charge in [0.05, 0.1) is 6.54 Å². The number of hydrogen-bond acceptors (Lipinski definition) is 3. The number of alkyl halides is 3. The van der Waals surface area contributed by atoms with E-state index in [0.717, 1.165) is 6.42 Å². The van der Waals surface area contributed by atoms with Crippen molar-refractivity contribution in [2.45, 2.75) is 32.5 Å². The molecule has 0 bridgehead atoms. The highest BCUT2D eigenvalue weighted by Crippen LogP contribution is 2.19. The normalized spacial score (nSPS) is 21.5. The molecule has 2 N–H and O–H groups in total. The zero-order valence-corrected chi connectivity index (χ0v) is 11.2. The number of nitrogens with zero attached hydrogens (tertiary/aromatic N) is 2. The van der Waals surface area contributed by atoms with Crippen molar-refractivity contribution < 1.29 is 13.2 Å². The summed E-state index contributed by atoms with van der Waals surface area (Å²) >= 11 is 0. The van der Waals surface area contributed by atoms with Crippen LogP contribution in [0.25, 0.3) is 0 Å².